The average molecular weight is 376 g/mol. The van der Waals surface area contributed by atoms with Gasteiger partial charge in [0.2, 0.25) is 0 Å². The Kier molecular flexibility index (Phi) is 5.38. The Labute approximate surface area is 166 Å². The molecule has 1 aromatic heterocycles. The number of hydrogen-bond donors (Lipinski definition) is 2. The Morgan fingerprint density at radius 3 is 2.54 bits per heavy atom. The zero-order valence-corrected chi connectivity index (χ0v) is 16.8. The lowest BCUT2D eigenvalue weighted by atomic mass is 9.94. The van der Waals surface area contributed by atoms with Crippen LogP contribution in [0.3, 0.4) is 0 Å². The summed E-state index contributed by atoms with van der Waals surface area (Å²) in [6, 6.07) is 17.3. The van der Waals surface area contributed by atoms with Gasteiger partial charge >= 0.3 is 0 Å². The first kappa shape index (κ1) is 18.6. The van der Waals surface area contributed by atoms with Crippen molar-refractivity contribution in [3.63, 3.8) is 0 Å². The van der Waals surface area contributed by atoms with Crippen molar-refractivity contribution < 1.29 is 0 Å². The first-order valence-corrected chi connectivity index (χ1v) is 10.3. The number of rotatable bonds is 5. The third-order valence-corrected chi connectivity index (χ3v) is 5.96. The van der Waals surface area contributed by atoms with Gasteiger partial charge < -0.3 is 15.2 Å². The fraction of sp³-hybridized carbons (Fsp3) is 0.375. The second-order valence-corrected chi connectivity index (χ2v) is 8.02. The number of anilines is 2. The molecule has 0 aliphatic heterocycles. The van der Waals surface area contributed by atoms with Crippen LogP contribution in [0.2, 0.25) is 0 Å². The van der Waals surface area contributed by atoms with Gasteiger partial charge in [-0.25, -0.2) is 0 Å². The molecule has 0 unspecified atom stereocenters. The van der Waals surface area contributed by atoms with Crippen molar-refractivity contribution in [3.8, 4) is 0 Å². The normalized spacial score (nSPS) is 14.9. The number of H-pyrrole nitrogens is 1. The summed E-state index contributed by atoms with van der Waals surface area (Å²) >= 11 is 0. The van der Waals surface area contributed by atoms with Gasteiger partial charge in [-0.2, -0.15) is 0 Å². The number of nitrogens with one attached hydrogen (secondary N) is 2. The maximum atomic E-state index is 12.4. The SMILES string of the molecule is Cc1ccc2cc(CNc3ccc(N(C)C4CCCCC4)cc3)c(=O)[nH]c2c1. The fourth-order valence-electron chi connectivity index (χ4n) is 4.18. The monoisotopic (exact) mass is 375 g/mol. The molecular weight excluding hydrogens is 346 g/mol. The molecule has 1 saturated carbocycles. The van der Waals surface area contributed by atoms with Crippen LogP contribution >= 0.6 is 0 Å². The minimum absolute atomic E-state index is 0.0285. The lowest BCUT2D eigenvalue weighted by Crippen LogP contribution is -2.33. The molecule has 4 nitrogen and oxygen atoms in total. The quantitative estimate of drug-likeness (QED) is 0.643. The number of aryl methyl sites for hydroxylation is 1. The van der Waals surface area contributed by atoms with Crippen LogP contribution in [-0.2, 0) is 6.54 Å². The Hall–Kier alpha value is -2.75. The summed E-state index contributed by atoms with van der Waals surface area (Å²) in [7, 11) is 2.20. The van der Waals surface area contributed by atoms with Crippen LogP contribution in [0.15, 0.2) is 53.3 Å². The molecule has 2 N–H and O–H groups in total. The smallest absolute Gasteiger partial charge is 0.253 e. The molecule has 0 amide bonds. The maximum Gasteiger partial charge on any atom is 0.253 e. The highest BCUT2D eigenvalue weighted by molar-refractivity contribution is 5.79. The van der Waals surface area contributed by atoms with Gasteiger partial charge in [-0.3, -0.25) is 4.79 Å². The molecule has 1 heterocycles. The van der Waals surface area contributed by atoms with Crippen LogP contribution in [0.25, 0.3) is 10.9 Å². The van der Waals surface area contributed by atoms with Crippen LogP contribution in [0.5, 0.6) is 0 Å². The van der Waals surface area contributed by atoms with E-state index in [4.69, 9.17) is 0 Å². The van der Waals surface area contributed by atoms with E-state index >= 15 is 0 Å². The molecule has 2 aromatic carbocycles. The van der Waals surface area contributed by atoms with Gasteiger partial charge in [0.1, 0.15) is 0 Å². The summed E-state index contributed by atoms with van der Waals surface area (Å²) in [6.45, 7) is 2.54. The predicted octanol–water partition coefficient (Wildman–Crippen LogP) is 5.22. The van der Waals surface area contributed by atoms with Gasteiger partial charge in [0.15, 0.2) is 0 Å². The van der Waals surface area contributed by atoms with Crippen molar-refractivity contribution in [2.75, 3.05) is 17.3 Å². The van der Waals surface area contributed by atoms with Gasteiger partial charge in [0.05, 0.1) is 0 Å². The van der Waals surface area contributed by atoms with Crippen LogP contribution < -0.4 is 15.8 Å². The Balaban J connectivity index is 1.43. The highest BCUT2D eigenvalue weighted by atomic mass is 16.1. The minimum atomic E-state index is -0.0285. The van der Waals surface area contributed by atoms with Crippen molar-refractivity contribution in [1.82, 2.24) is 4.98 Å². The van der Waals surface area contributed by atoms with Gasteiger partial charge in [0.25, 0.3) is 5.56 Å². The summed E-state index contributed by atoms with van der Waals surface area (Å²) in [5, 5.41) is 4.45. The van der Waals surface area contributed by atoms with E-state index in [0.717, 1.165) is 27.7 Å². The summed E-state index contributed by atoms with van der Waals surface area (Å²) in [4.78, 5) is 17.8. The molecule has 0 bridgehead atoms. The second kappa shape index (κ2) is 8.09. The summed E-state index contributed by atoms with van der Waals surface area (Å²) in [5.74, 6) is 0. The van der Waals surface area contributed by atoms with Crippen molar-refractivity contribution in [2.45, 2.75) is 51.6 Å². The molecule has 0 saturated heterocycles. The van der Waals surface area contributed by atoms with Crippen LogP contribution in [0.1, 0.15) is 43.2 Å². The number of fused-ring (bicyclic) bond motifs is 1. The minimum Gasteiger partial charge on any atom is -0.381 e. The number of aromatic amines is 1. The number of benzene rings is 2. The molecule has 0 atom stereocenters. The number of aromatic nitrogens is 1. The van der Waals surface area contributed by atoms with E-state index in [1.807, 2.05) is 19.1 Å². The zero-order valence-electron chi connectivity index (χ0n) is 16.8. The van der Waals surface area contributed by atoms with Crippen molar-refractivity contribution in [1.29, 1.82) is 0 Å². The van der Waals surface area contributed by atoms with E-state index in [-0.39, 0.29) is 5.56 Å². The Morgan fingerprint density at radius 2 is 1.79 bits per heavy atom. The summed E-state index contributed by atoms with van der Waals surface area (Å²) in [6.07, 6.45) is 6.64. The van der Waals surface area contributed by atoms with E-state index < -0.39 is 0 Å². The van der Waals surface area contributed by atoms with E-state index in [2.05, 4.69) is 58.6 Å². The molecule has 3 aromatic rings. The number of nitrogens with zero attached hydrogens (tertiary/aromatic N) is 1. The highest BCUT2D eigenvalue weighted by Crippen LogP contribution is 2.27. The molecule has 4 rings (SSSR count). The predicted molar refractivity (Wildman–Crippen MR) is 118 cm³/mol. The standard InChI is InChI=1S/C24H29N3O/c1-17-8-9-18-15-19(24(28)26-23(18)14-17)16-25-20-10-12-22(13-11-20)27(2)21-6-4-3-5-7-21/h8-15,21,25H,3-7,16H2,1-2H3,(H,26,28). The van der Waals surface area contributed by atoms with Crippen LogP contribution in [0.4, 0.5) is 11.4 Å². The third kappa shape index (κ3) is 4.06. The first-order chi connectivity index (χ1) is 13.6. The lowest BCUT2D eigenvalue weighted by molar-refractivity contribution is 0.427. The number of pyridine rings is 1. The van der Waals surface area contributed by atoms with Crippen molar-refractivity contribution in [2.24, 2.45) is 0 Å². The first-order valence-electron chi connectivity index (χ1n) is 10.3. The summed E-state index contributed by atoms with van der Waals surface area (Å²) < 4.78 is 0. The molecular formula is C24H29N3O. The van der Waals surface area contributed by atoms with Gasteiger partial charge in [-0.15, -0.1) is 0 Å². The summed E-state index contributed by atoms with van der Waals surface area (Å²) in [5.41, 5.74) is 5.05. The van der Waals surface area contributed by atoms with Crippen molar-refractivity contribution in [3.05, 3.63) is 70.0 Å². The van der Waals surface area contributed by atoms with Crippen LogP contribution in [-0.4, -0.2) is 18.1 Å². The van der Waals surface area contributed by atoms with Gasteiger partial charge in [-0.05, 0) is 67.1 Å². The van der Waals surface area contributed by atoms with Gasteiger partial charge in [0, 0.05) is 42.1 Å². The second-order valence-electron chi connectivity index (χ2n) is 8.02. The van der Waals surface area contributed by atoms with Crippen LogP contribution in [0, 0.1) is 6.92 Å². The molecule has 0 spiro atoms. The van der Waals surface area contributed by atoms with Gasteiger partial charge in [-0.1, -0.05) is 31.4 Å². The topological polar surface area (TPSA) is 48.1 Å². The molecule has 146 valence electrons. The highest BCUT2D eigenvalue weighted by Gasteiger charge is 2.18. The molecule has 4 heteroatoms. The molecule has 0 radical (unpaired) electrons. The lowest BCUT2D eigenvalue weighted by Gasteiger charge is -2.33. The third-order valence-electron chi connectivity index (χ3n) is 5.96. The Bertz CT molecular complexity index is 1000. The molecule has 1 fully saturated rings. The average Bonchev–Trinajstić information content (AvgIpc) is 2.73. The maximum absolute atomic E-state index is 12.4. The van der Waals surface area contributed by atoms with Crippen molar-refractivity contribution >= 4 is 22.3 Å². The largest absolute Gasteiger partial charge is 0.381 e. The Morgan fingerprint density at radius 1 is 1.04 bits per heavy atom. The molecule has 1 aliphatic rings. The number of hydrogen-bond acceptors (Lipinski definition) is 3. The molecule has 1 aliphatic carbocycles. The fourth-order valence-corrected chi connectivity index (χ4v) is 4.18. The molecule has 28 heavy (non-hydrogen) atoms. The zero-order chi connectivity index (χ0) is 19.5. The van der Waals surface area contributed by atoms with E-state index in [9.17, 15) is 4.79 Å². The van der Waals surface area contributed by atoms with E-state index in [1.165, 1.54) is 37.8 Å². The van der Waals surface area contributed by atoms with E-state index in [1.54, 1.807) is 0 Å². The van der Waals surface area contributed by atoms with E-state index in [0.29, 0.717) is 12.6 Å².